The molecule has 1 aromatic rings. The average Bonchev–Trinajstić information content (AvgIpc) is 2.89. The summed E-state index contributed by atoms with van der Waals surface area (Å²) in [6.45, 7) is 5.89. The lowest BCUT2D eigenvalue weighted by molar-refractivity contribution is -0.145. The fraction of sp³-hybridized carbons (Fsp3) is 0.591. The van der Waals surface area contributed by atoms with Gasteiger partial charge in [0.15, 0.2) is 0 Å². The summed E-state index contributed by atoms with van der Waals surface area (Å²) in [5.74, 6) is -0.0592. The lowest BCUT2D eigenvalue weighted by Crippen LogP contribution is -2.40. The Labute approximate surface area is 155 Å². The Morgan fingerprint density at radius 3 is 2.85 bits per heavy atom. The minimum absolute atomic E-state index is 0.0490. The normalized spacial score (nSPS) is 33.7. The van der Waals surface area contributed by atoms with Crippen molar-refractivity contribution >= 4 is 5.97 Å². The maximum atomic E-state index is 13.0. The molecule has 1 saturated heterocycles. The van der Waals surface area contributed by atoms with Crippen LogP contribution in [0.5, 0.6) is 0 Å². The zero-order chi connectivity index (χ0) is 18.3. The van der Waals surface area contributed by atoms with E-state index in [1.165, 1.54) is 37.0 Å². The van der Waals surface area contributed by atoms with E-state index in [1.807, 2.05) is 0 Å². The number of hydrogen-bond acceptors (Lipinski definition) is 3. The number of halogens is 1. The van der Waals surface area contributed by atoms with E-state index in [4.69, 9.17) is 4.74 Å². The molecule has 4 heteroatoms. The molecular formula is C22H28FNO2. The van der Waals surface area contributed by atoms with Crippen molar-refractivity contribution < 1.29 is 13.9 Å². The summed E-state index contributed by atoms with van der Waals surface area (Å²) in [4.78, 5) is 12.5. The number of nitrogens with one attached hydrogen (secondary N) is 1. The minimum atomic E-state index is -0.225. The van der Waals surface area contributed by atoms with E-state index in [0.29, 0.717) is 19.0 Å². The molecule has 0 amide bonds. The van der Waals surface area contributed by atoms with Crippen LogP contribution in [0, 0.1) is 23.1 Å². The maximum Gasteiger partial charge on any atom is 0.310 e. The molecule has 1 aliphatic heterocycles. The van der Waals surface area contributed by atoms with E-state index in [9.17, 15) is 9.18 Å². The SMILES string of the molecule is CC1=C2C[C@@H]3C(CNCc4ccc(F)cc4)C(=O)O[C@@H]3C[C@@]2(C)CCC1. The summed E-state index contributed by atoms with van der Waals surface area (Å²) in [5.41, 5.74) is 4.37. The lowest BCUT2D eigenvalue weighted by Gasteiger charge is -2.45. The van der Waals surface area contributed by atoms with Gasteiger partial charge in [-0.2, -0.15) is 0 Å². The zero-order valence-corrected chi connectivity index (χ0v) is 15.7. The Hall–Kier alpha value is -1.68. The summed E-state index contributed by atoms with van der Waals surface area (Å²) in [6, 6.07) is 6.50. The number of benzene rings is 1. The van der Waals surface area contributed by atoms with Crippen molar-refractivity contribution in [2.24, 2.45) is 17.3 Å². The molecule has 0 spiro atoms. The van der Waals surface area contributed by atoms with Gasteiger partial charge in [0.2, 0.25) is 0 Å². The summed E-state index contributed by atoms with van der Waals surface area (Å²) >= 11 is 0. The van der Waals surface area contributed by atoms with Gasteiger partial charge in [-0.3, -0.25) is 4.79 Å². The number of allylic oxidation sites excluding steroid dienone is 2. The second kappa shape index (κ2) is 6.80. The molecule has 4 rings (SSSR count). The van der Waals surface area contributed by atoms with E-state index in [1.54, 1.807) is 17.7 Å². The van der Waals surface area contributed by atoms with E-state index in [2.05, 4.69) is 19.2 Å². The molecule has 3 nitrogen and oxygen atoms in total. The monoisotopic (exact) mass is 357 g/mol. The first-order valence-corrected chi connectivity index (χ1v) is 9.81. The molecule has 0 radical (unpaired) electrons. The van der Waals surface area contributed by atoms with Crippen molar-refractivity contribution in [3.63, 3.8) is 0 Å². The third-order valence-electron chi connectivity index (χ3n) is 6.79. The summed E-state index contributed by atoms with van der Waals surface area (Å²) in [7, 11) is 0. The van der Waals surface area contributed by atoms with E-state index >= 15 is 0 Å². The van der Waals surface area contributed by atoms with Crippen LogP contribution in [0.15, 0.2) is 35.4 Å². The highest BCUT2D eigenvalue weighted by atomic mass is 19.1. The van der Waals surface area contributed by atoms with Crippen molar-refractivity contribution in [2.45, 2.75) is 58.6 Å². The van der Waals surface area contributed by atoms with Crippen molar-refractivity contribution in [1.82, 2.24) is 5.32 Å². The highest BCUT2D eigenvalue weighted by molar-refractivity contribution is 5.76. The summed E-state index contributed by atoms with van der Waals surface area (Å²) < 4.78 is 18.8. The van der Waals surface area contributed by atoms with Gasteiger partial charge in [0, 0.05) is 19.0 Å². The van der Waals surface area contributed by atoms with Gasteiger partial charge in [0.05, 0.1) is 5.92 Å². The molecular weight excluding hydrogens is 329 g/mol. The average molecular weight is 357 g/mol. The number of esters is 1. The number of hydrogen-bond donors (Lipinski definition) is 1. The first-order chi connectivity index (χ1) is 12.5. The fourth-order valence-electron chi connectivity index (χ4n) is 5.32. The Kier molecular flexibility index (Phi) is 4.64. The molecule has 140 valence electrons. The Balaban J connectivity index is 1.43. The molecule has 1 saturated carbocycles. The summed E-state index contributed by atoms with van der Waals surface area (Å²) in [5, 5.41) is 3.38. The second-order valence-corrected chi connectivity index (χ2v) is 8.58. The molecule has 4 atom stereocenters. The third-order valence-corrected chi connectivity index (χ3v) is 6.79. The van der Waals surface area contributed by atoms with Gasteiger partial charge in [-0.15, -0.1) is 0 Å². The number of carbonyl (C=O) groups is 1. The van der Waals surface area contributed by atoms with E-state index in [0.717, 1.165) is 18.4 Å². The molecule has 26 heavy (non-hydrogen) atoms. The van der Waals surface area contributed by atoms with Gasteiger partial charge in [-0.25, -0.2) is 4.39 Å². The molecule has 2 fully saturated rings. The van der Waals surface area contributed by atoms with Crippen molar-refractivity contribution in [2.75, 3.05) is 6.54 Å². The zero-order valence-electron chi connectivity index (χ0n) is 15.7. The van der Waals surface area contributed by atoms with Crippen LogP contribution in [0.4, 0.5) is 4.39 Å². The largest absolute Gasteiger partial charge is 0.462 e. The quantitative estimate of drug-likeness (QED) is 0.642. The van der Waals surface area contributed by atoms with Crippen LogP contribution in [0.1, 0.15) is 51.5 Å². The molecule has 0 bridgehead atoms. The smallest absolute Gasteiger partial charge is 0.310 e. The molecule has 3 aliphatic rings. The predicted octanol–water partition coefficient (Wildman–Crippen LogP) is 4.37. The fourth-order valence-corrected chi connectivity index (χ4v) is 5.32. The molecule has 1 unspecified atom stereocenters. The van der Waals surface area contributed by atoms with Gasteiger partial charge >= 0.3 is 5.97 Å². The topological polar surface area (TPSA) is 38.3 Å². The predicted molar refractivity (Wildman–Crippen MR) is 98.9 cm³/mol. The van der Waals surface area contributed by atoms with E-state index in [-0.39, 0.29) is 29.2 Å². The number of ether oxygens (including phenoxy) is 1. The van der Waals surface area contributed by atoms with Gasteiger partial charge in [-0.05, 0) is 62.1 Å². The third kappa shape index (κ3) is 3.20. The van der Waals surface area contributed by atoms with Crippen LogP contribution in [0.3, 0.4) is 0 Å². The van der Waals surface area contributed by atoms with Crippen LogP contribution in [-0.2, 0) is 16.1 Å². The number of carbonyl (C=O) groups excluding carboxylic acids is 1. The van der Waals surface area contributed by atoms with Crippen LogP contribution < -0.4 is 5.32 Å². The highest BCUT2D eigenvalue weighted by Crippen LogP contribution is 2.54. The molecule has 2 aliphatic carbocycles. The van der Waals surface area contributed by atoms with Crippen molar-refractivity contribution in [3.05, 3.63) is 46.8 Å². The van der Waals surface area contributed by atoms with Crippen molar-refractivity contribution in [3.8, 4) is 0 Å². The Morgan fingerprint density at radius 1 is 1.31 bits per heavy atom. The van der Waals surface area contributed by atoms with E-state index < -0.39 is 0 Å². The molecule has 1 heterocycles. The number of rotatable bonds is 4. The van der Waals surface area contributed by atoms with Gasteiger partial charge in [0.25, 0.3) is 0 Å². The minimum Gasteiger partial charge on any atom is -0.462 e. The van der Waals surface area contributed by atoms with Crippen LogP contribution >= 0.6 is 0 Å². The molecule has 1 aromatic carbocycles. The second-order valence-electron chi connectivity index (χ2n) is 8.58. The van der Waals surface area contributed by atoms with Crippen LogP contribution in [-0.4, -0.2) is 18.6 Å². The standard InChI is InChI=1S/C22H28FNO2/c1-14-4-3-9-22(2)11-20-17(10-19(14)22)18(21(25)26-20)13-24-12-15-5-7-16(23)8-6-15/h5-8,17-18,20,24H,3-4,9-13H2,1-2H3/t17-,18?,20-,22-/m1/s1. The first-order valence-electron chi connectivity index (χ1n) is 9.81. The first kappa shape index (κ1) is 17.7. The maximum absolute atomic E-state index is 13.0. The molecule has 1 N–H and O–H groups in total. The molecule has 0 aromatic heterocycles. The Morgan fingerprint density at radius 2 is 2.08 bits per heavy atom. The van der Waals surface area contributed by atoms with Gasteiger partial charge in [0.1, 0.15) is 11.9 Å². The lowest BCUT2D eigenvalue weighted by atomic mass is 9.59. The highest BCUT2D eigenvalue weighted by Gasteiger charge is 2.52. The Bertz CT molecular complexity index is 726. The van der Waals surface area contributed by atoms with Crippen LogP contribution in [0.2, 0.25) is 0 Å². The number of fused-ring (bicyclic) bond motifs is 2. The summed E-state index contributed by atoms with van der Waals surface area (Å²) in [6.07, 6.45) is 5.71. The van der Waals surface area contributed by atoms with Gasteiger partial charge in [-0.1, -0.05) is 30.2 Å². The van der Waals surface area contributed by atoms with Crippen molar-refractivity contribution in [1.29, 1.82) is 0 Å². The van der Waals surface area contributed by atoms with Gasteiger partial charge < -0.3 is 10.1 Å². The van der Waals surface area contributed by atoms with Crippen LogP contribution in [0.25, 0.3) is 0 Å².